The molecule has 0 radical (unpaired) electrons. The summed E-state index contributed by atoms with van der Waals surface area (Å²) in [5, 5.41) is 12.9. The van der Waals surface area contributed by atoms with Crippen LogP contribution in [-0.4, -0.2) is 35.0 Å². The molecule has 2 N–H and O–H groups in total. The van der Waals surface area contributed by atoms with Crippen molar-refractivity contribution in [1.29, 1.82) is 0 Å². The largest absolute Gasteiger partial charge is 0.433 e. The molecule has 0 aliphatic heterocycles. The minimum absolute atomic E-state index is 0.0737. The minimum atomic E-state index is -4.73. The summed E-state index contributed by atoms with van der Waals surface area (Å²) < 4.78 is 78.9. The summed E-state index contributed by atoms with van der Waals surface area (Å²) in [6.07, 6.45) is -5.75. The number of aromatic nitrogens is 6. The van der Waals surface area contributed by atoms with Crippen molar-refractivity contribution in [3.63, 3.8) is 0 Å². The molecule has 0 atom stereocenters. The minimum Gasteiger partial charge on any atom is -0.386 e. The van der Waals surface area contributed by atoms with Gasteiger partial charge in [-0.05, 0) is 44.2 Å². The van der Waals surface area contributed by atoms with Gasteiger partial charge in [0.15, 0.2) is 11.6 Å². The Morgan fingerprint density at radius 2 is 1.49 bits per heavy atom. The van der Waals surface area contributed by atoms with Crippen LogP contribution in [0.25, 0.3) is 22.9 Å². The number of nitrogens with zero attached hydrogens (tertiary/aromatic N) is 6. The molecule has 0 bridgehead atoms. The SMILES string of the molecule is CC(C)(O)c1cncc(-c2nc(Nc3ccnc(C(F)(F)F)c3)nc(-c3cccc(C(F)(F)F)n3)n2)c1. The molecule has 0 amide bonds. The third kappa shape index (κ3) is 6.14. The normalized spacial score (nSPS) is 12.5. The number of nitrogens with one attached hydrogen (secondary N) is 1. The average molecular weight is 521 g/mol. The Kier molecular flexibility index (Phi) is 6.54. The smallest absolute Gasteiger partial charge is 0.386 e. The molecule has 0 fully saturated rings. The van der Waals surface area contributed by atoms with Crippen molar-refractivity contribution in [2.75, 3.05) is 5.32 Å². The van der Waals surface area contributed by atoms with E-state index < -0.39 is 29.3 Å². The molecule has 4 rings (SSSR count). The number of hydrogen-bond acceptors (Lipinski definition) is 8. The van der Waals surface area contributed by atoms with Gasteiger partial charge in [0.1, 0.15) is 17.1 Å². The van der Waals surface area contributed by atoms with Crippen molar-refractivity contribution in [1.82, 2.24) is 29.9 Å². The van der Waals surface area contributed by atoms with Gasteiger partial charge in [0.2, 0.25) is 5.95 Å². The van der Waals surface area contributed by atoms with Crippen LogP contribution in [0.4, 0.5) is 38.0 Å². The second kappa shape index (κ2) is 9.35. The summed E-state index contributed by atoms with van der Waals surface area (Å²) in [4.78, 5) is 23.4. The molecular formula is C23H17F6N7O. The van der Waals surface area contributed by atoms with Crippen LogP contribution in [0.5, 0.6) is 0 Å². The zero-order valence-corrected chi connectivity index (χ0v) is 19.1. The second-order valence-electron chi connectivity index (χ2n) is 8.29. The number of halogens is 6. The van der Waals surface area contributed by atoms with E-state index in [1.807, 2.05) is 0 Å². The van der Waals surface area contributed by atoms with Crippen LogP contribution in [0.15, 0.2) is 55.0 Å². The summed E-state index contributed by atoms with van der Waals surface area (Å²) >= 11 is 0. The van der Waals surface area contributed by atoms with E-state index >= 15 is 0 Å². The number of aliphatic hydroxyl groups is 1. The predicted octanol–water partition coefficient (Wildman–Crippen LogP) is 5.40. The monoisotopic (exact) mass is 521 g/mol. The molecule has 0 saturated carbocycles. The number of hydrogen-bond donors (Lipinski definition) is 2. The standard InChI is InChI=1S/C23H17F6N7O/c1-21(2,37)13-8-12(10-30-11-13)18-34-19(15-4-3-5-16(33-15)22(24,25)26)36-20(35-18)32-14-6-7-31-17(9-14)23(27,28)29/h3-11,37H,1-2H3,(H,31,32,34,35,36). The van der Waals surface area contributed by atoms with Gasteiger partial charge in [-0.15, -0.1) is 0 Å². The molecule has 8 nitrogen and oxygen atoms in total. The maximum atomic E-state index is 13.2. The molecule has 4 heterocycles. The molecule has 0 aliphatic rings. The zero-order valence-electron chi connectivity index (χ0n) is 19.1. The quantitative estimate of drug-likeness (QED) is 0.336. The van der Waals surface area contributed by atoms with Crippen molar-refractivity contribution in [3.05, 3.63) is 71.9 Å². The van der Waals surface area contributed by atoms with E-state index in [1.165, 1.54) is 44.4 Å². The first-order valence-electron chi connectivity index (χ1n) is 10.5. The first-order valence-corrected chi connectivity index (χ1v) is 10.5. The Balaban J connectivity index is 1.85. The van der Waals surface area contributed by atoms with Gasteiger partial charge in [0.25, 0.3) is 0 Å². The molecule has 37 heavy (non-hydrogen) atoms. The third-order valence-corrected chi connectivity index (χ3v) is 4.91. The summed E-state index contributed by atoms with van der Waals surface area (Å²) in [6, 6.07) is 6.62. The first kappa shape index (κ1) is 25.9. The van der Waals surface area contributed by atoms with Crippen LogP contribution >= 0.6 is 0 Å². The highest BCUT2D eigenvalue weighted by molar-refractivity contribution is 5.63. The molecule has 4 aromatic heterocycles. The van der Waals surface area contributed by atoms with Crippen molar-refractivity contribution >= 4 is 11.6 Å². The molecule has 4 aromatic rings. The van der Waals surface area contributed by atoms with E-state index in [2.05, 4.69) is 35.2 Å². The van der Waals surface area contributed by atoms with Gasteiger partial charge in [0.05, 0.1) is 5.60 Å². The fraction of sp³-hybridized carbons (Fsp3) is 0.217. The van der Waals surface area contributed by atoms with Gasteiger partial charge in [-0.3, -0.25) is 9.97 Å². The Morgan fingerprint density at radius 3 is 2.16 bits per heavy atom. The lowest BCUT2D eigenvalue weighted by Crippen LogP contribution is -2.16. The Labute approximate surface area is 205 Å². The molecule has 0 aromatic carbocycles. The summed E-state index contributed by atoms with van der Waals surface area (Å²) in [6.45, 7) is 3.04. The topological polar surface area (TPSA) is 110 Å². The molecule has 0 unspecified atom stereocenters. The predicted molar refractivity (Wildman–Crippen MR) is 119 cm³/mol. The fourth-order valence-electron chi connectivity index (χ4n) is 3.08. The zero-order chi connectivity index (χ0) is 27.0. The van der Waals surface area contributed by atoms with Crippen LogP contribution in [0.3, 0.4) is 0 Å². The highest BCUT2D eigenvalue weighted by atomic mass is 19.4. The van der Waals surface area contributed by atoms with E-state index in [4.69, 9.17) is 0 Å². The number of anilines is 2. The lowest BCUT2D eigenvalue weighted by Gasteiger charge is -2.18. The molecule has 0 saturated heterocycles. The third-order valence-electron chi connectivity index (χ3n) is 4.91. The second-order valence-corrected chi connectivity index (χ2v) is 8.29. The van der Waals surface area contributed by atoms with Crippen LogP contribution in [0, 0.1) is 0 Å². The van der Waals surface area contributed by atoms with Crippen LogP contribution < -0.4 is 5.32 Å². The number of pyridine rings is 3. The van der Waals surface area contributed by atoms with Gasteiger partial charge in [0, 0.05) is 35.4 Å². The Morgan fingerprint density at radius 1 is 0.784 bits per heavy atom. The van der Waals surface area contributed by atoms with Gasteiger partial charge in [-0.25, -0.2) is 9.97 Å². The molecular weight excluding hydrogens is 504 g/mol. The van der Waals surface area contributed by atoms with Crippen LogP contribution in [0.2, 0.25) is 0 Å². The lowest BCUT2D eigenvalue weighted by molar-refractivity contribution is -0.141. The van der Waals surface area contributed by atoms with Gasteiger partial charge < -0.3 is 10.4 Å². The average Bonchev–Trinajstić information content (AvgIpc) is 2.83. The summed E-state index contributed by atoms with van der Waals surface area (Å²) in [7, 11) is 0. The lowest BCUT2D eigenvalue weighted by atomic mass is 9.99. The van der Waals surface area contributed by atoms with E-state index in [0.717, 1.165) is 24.4 Å². The van der Waals surface area contributed by atoms with Gasteiger partial charge in [-0.2, -0.15) is 36.3 Å². The number of alkyl halides is 6. The molecule has 0 aliphatic carbocycles. The van der Waals surface area contributed by atoms with Crippen molar-refractivity contribution in [2.45, 2.75) is 31.8 Å². The maximum absolute atomic E-state index is 13.2. The Bertz CT molecular complexity index is 1360. The Hall–Kier alpha value is -4.20. The fourth-order valence-corrected chi connectivity index (χ4v) is 3.08. The maximum Gasteiger partial charge on any atom is 0.433 e. The van der Waals surface area contributed by atoms with Gasteiger partial charge in [-0.1, -0.05) is 6.07 Å². The molecule has 0 spiro atoms. The summed E-state index contributed by atoms with van der Waals surface area (Å²) in [5.74, 6) is -0.625. The van der Waals surface area contributed by atoms with Crippen molar-refractivity contribution < 1.29 is 31.4 Å². The highest BCUT2D eigenvalue weighted by Crippen LogP contribution is 2.32. The van der Waals surface area contributed by atoms with E-state index in [0.29, 0.717) is 5.56 Å². The first-order chi connectivity index (χ1) is 17.2. The summed E-state index contributed by atoms with van der Waals surface area (Å²) in [5.41, 5.74) is -3.31. The van der Waals surface area contributed by atoms with Crippen molar-refractivity contribution in [2.24, 2.45) is 0 Å². The van der Waals surface area contributed by atoms with E-state index in [-0.39, 0.29) is 34.5 Å². The molecule has 14 heteroatoms. The van der Waals surface area contributed by atoms with E-state index in [9.17, 15) is 31.4 Å². The van der Waals surface area contributed by atoms with E-state index in [1.54, 1.807) is 0 Å². The van der Waals surface area contributed by atoms with Crippen molar-refractivity contribution in [3.8, 4) is 22.9 Å². The highest BCUT2D eigenvalue weighted by Gasteiger charge is 2.33. The number of rotatable bonds is 5. The molecule has 192 valence electrons. The van der Waals surface area contributed by atoms with Gasteiger partial charge >= 0.3 is 12.4 Å². The van der Waals surface area contributed by atoms with Crippen LogP contribution in [0.1, 0.15) is 30.8 Å². The van der Waals surface area contributed by atoms with Crippen LogP contribution in [-0.2, 0) is 18.0 Å².